The van der Waals surface area contributed by atoms with Crippen molar-refractivity contribution in [3.8, 4) is 0 Å². The number of anilines is 9. The second-order valence-corrected chi connectivity index (χ2v) is 14.0. The lowest BCUT2D eigenvalue weighted by Gasteiger charge is -2.35. The number of hydrogen-bond donors (Lipinski definition) is 0. The highest BCUT2D eigenvalue weighted by Gasteiger charge is 2.26. The van der Waals surface area contributed by atoms with Crippen molar-refractivity contribution in [2.45, 2.75) is 60.8 Å². The number of aryl methyl sites for hydroxylation is 6. The van der Waals surface area contributed by atoms with Gasteiger partial charge in [0, 0.05) is 17.1 Å². The van der Waals surface area contributed by atoms with Crippen LogP contribution in [-0.2, 0) is 19.3 Å². The fourth-order valence-corrected chi connectivity index (χ4v) is 7.89. The number of benzene rings is 7. The third-order valence-electron chi connectivity index (χ3n) is 10.5. The van der Waals surface area contributed by atoms with Gasteiger partial charge in [0.1, 0.15) is 0 Å². The summed E-state index contributed by atoms with van der Waals surface area (Å²) in [4.78, 5) is 7.43. The van der Waals surface area contributed by atoms with E-state index in [4.69, 9.17) is 0 Å². The molecule has 0 unspecified atom stereocenters. The summed E-state index contributed by atoms with van der Waals surface area (Å²) < 4.78 is 0. The van der Waals surface area contributed by atoms with Gasteiger partial charge in [0.25, 0.3) is 0 Å². The molecule has 54 heavy (non-hydrogen) atoms. The average Bonchev–Trinajstić information content (AvgIpc) is 3.21. The maximum atomic E-state index is 2.48. The van der Waals surface area contributed by atoms with Crippen molar-refractivity contribution in [3.63, 3.8) is 0 Å². The first-order valence-corrected chi connectivity index (χ1v) is 19.4. The van der Waals surface area contributed by atoms with E-state index in [1.807, 2.05) is 0 Å². The summed E-state index contributed by atoms with van der Waals surface area (Å²) in [5.41, 5.74) is 18.0. The fraction of sp³-hybridized carbons (Fsp3) is 0.176. The van der Waals surface area contributed by atoms with Crippen molar-refractivity contribution in [1.82, 2.24) is 0 Å². The minimum absolute atomic E-state index is 0.922. The Kier molecular flexibility index (Phi) is 11.0. The van der Waals surface area contributed by atoms with E-state index in [1.54, 1.807) is 0 Å². The molecule has 0 atom stereocenters. The van der Waals surface area contributed by atoms with Crippen LogP contribution < -0.4 is 14.7 Å². The second-order valence-electron chi connectivity index (χ2n) is 14.0. The summed E-state index contributed by atoms with van der Waals surface area (Å²) in [6.45, 7) is 13.5. The lowest BCUT2D eigenvalue weighted by Crippen LogP contribution is -2.19. The first kappa shape index (κ1) is 36.3. The molecule has 0 saturated carbocycles. The Bertz CT molecular complexity index is 2050. The van der Waals surface area contributed by atoms with Crippen molar-refractivity contribution in [3.05, 3.63) is 197 Å². The van der Waals surface area contributed by atoms with Crippen LogP contribution in [0.15, 0.2) is 164 Å². The van der Waals surface area contributed by atoms with Gasteiger partial charge in [-0.1, -0.05) is 130 Å². The normalized spacial score (nSPS) is 11.0. The zero-order chi connectivity index (χ0) is 37.6. The van der Waals surface area contributed by atoms with Crippen molar-refractivity contribution in [2.75, 3.05) is 14.7 Å². The summed E-state index contributed by atoms with van der Waals surface area (Å²) in [6, 6.07) is 59.8. The fourth-order valence-electron chi connectivity index (χ4n) is 7.89. The van der Waals surface area contributed by atoms with Gasteiger partial charge in [-0.25, -0.2) is 0 Å². The highest BCUT2D eigenvalue weighted by atomic mass is 15.2. The SMILES string of the molecule is CCc1cccc(C)c1N(c1ccccc1)c1cc(N(c2ccccc2)c2c(C)cccc2CC)cc(N(c2ccccc2)c2c(C)cccc2CC)c1. The molecule has 270 valence electrons. The smallest absolute Gasteiger partial charge is 0.0522 e. The van der Waals surface area contributed by atoms with Gasteiger partial charge in [0.2, 0.25) is 0 Å². The maximum absolute atomic E-state index is 2.48. The van der Waals surface area contributed by atoms with Gasteiger partial charge in [-0.15, -0.1) is 0 Å². The largest absolute Gasteiger partial charge is 0.310 e. The molecule has 0 bridgehead atoms. The van der Waals surface area contributed by atoms with E-state index in [1.165, 1.54) is 50.4 Å². The van der Waals surface area contributed by atoms with Crippen LogP contribution in [0.1, 0.15) is 54.2 Å². The lowest BCUT2D eigenvalue weighted by atomic mass is 10.00. The van der Waals surface area contributed by atoms with Gasteiger partial charge in [-0.3, -0.25) is 0 Å². The minimum Gasteiger partial charge on any atom is -0.310 e. The van der Waals surface area contributed by atoms with Crippen LogP contribution >= 0.6 is 0 Å². The summed E-state index contributed by atoms with van der Waals surface area (Å²) in [5.74, 6) is 0. The summed E-state index contributed by atoms with van der Waals surface area (Å²) in [6.07, 6.45) is 2.77. The van der Waals surface area contributed by atoms with E-state index in [2.05, 4.69) is 220 Å². The van der Waals surface area contributed by atoms with E-state index in [-0.39, 0.29) is 0 Å². The van der Waals surface area contributed by atoms with Gasteiger partial charge in [-0.05, 0) is 128 Å². The molecule has 0 aliphatic heterocycles. The van der Waals surface area contributed by atoms with E-state index in [9.17, 15) is 0 Å². The van der Waals surface area contributed by atoms with Gasteiger partial charge in [0.15, 0.2) is 0 Å². The number of nitrogens with zero attached hydrogens (tertiary/aromatic N) is 3. The Hall–Kier alpha value is -6.06. The Labute approximate surface area is 322 Å². The molecule has 3 nitrogen and oxygen atoms in total. The average molecular weight is 706 g/mol. The molecule has 0 aromatic heterocycles. The molecule has 3 heteroatoms. The molecule has 7 aromatic carbocycles. The Balaban J connectivity index is 1.63. The van der Waals surface area contributed by atoms with Crippen molar-refractivity contribution < 1.29 is 0 Å². The standard InChI is InChI=1S/C51H51N3/c1-7-40-25-19-22-37(4)49(40)52(43-28-13-10-14-29-43)46-34-47(53(44-30-15-11-16-31-44)50-38(5)23-20-26-41(50)8-2)36-48(35-46)54(45-32-17-12-18-33-45)51-39(6)24-21-27-42(51)9-3/h10-36H,7-9H2,1-6H3. The van der Waals surface area contributed by atoms with Crippen molar-refractivity contribution in [2.24, 2.45) is 0 Å². The second kappa shape index (κ2) is 16.3. The maximum Gasteiger partial charge on any atom is 0.0522 e. The highest BCUT2D eigenvalue weighted by molar-refractivity contribution is 5.91. The Morgan fingerprint density at radius 1 is 0.296 bits per heavy atom. The molecule has 0 saturated heterocycles. The van der Waals surface area contributed by atoms with Crippen molar-refractivity contribution in [1.29, 1.82) is 0 Å². The van der Waals surface area contributed by atoms with E-state index >= 15 is 0 Å². The Morgan fingerprint density at radius 2 is 0.556 bits per heavy atom. The van der Waals surface area contributed by atoms with Crippen LogP contribution in [0.25, 0.3) is 0 Å². The third-order valence-corrected chi connectivity index (χ3v) is 10.5. The molecule has 0 spiro atoms. The molecular weight excluding hydrogens is 655 g/mol. The van der Waals surface area contributed by atoms with Crippen LogP contribution in [0.3, 0.4) is 0 Å². The number of para-hydroxylation sites is 6. The molecule has 0 amide bonds. The molecule has 0 heterocycles. The van der Waals surface area contributed by atoms with Crippen molar-refractivity contribution >= 4 is 51.2 Å². The quantitative estimate of drug-likeness (QED) is 0.125. The van der Waals surface area contributed by atoms with Gasteiger partial charge in [-0.2, -0.15) is 0 Å². The lowest BCUT2D eigenvalue weighted by molar-refractivity contribution is 1.09. The van der Waals surface area contributed by atoms with E-state index in [0.29, 0.717) is 0 Å². The van der Waals surface area contributed by atoms with Crippen LogP contribution in [0.5, 0.6) is 0 Å². The molecule has 7 rings (SSSR count). The van der Waals surface area contributed by atoms with Gasteiger partial charge < -0.3 is 14.7 Å². The summed E-state index contributed by atoms with van der Waals surface area (Å²) in [5, 5.41) is 0. The minimum atomic E-state index is 0.922. The molecule has 7 aromatic rings. The van der Waals surface area contributed by atoms with Gasteiger partial charge >= 0.3 is 0 Å². The topological polar surface area (TPSA) is 9.72 Å². The van der Waals surface area contributed by atoms with Crippen LogP contribution in [0.4, 0.5) is 51.2 Å². The van der Waals surface area contributed by atoms with Crippen LogP contribution in [0, 0.1) is 20.8 Å². The van der Waals surface area contributed by atoms with Crippen LogP contribution in [-0.4, -0.2) is 0 Å². The number of hydrogen-bond acceptors (Lipinski definition) is 3. The first-order chi connectivity index (χ1) is 26.4. The molecule has 0 N–H and O–H groups in total. The third kappa shape index (κ3) is 7.15. The zero-order valence-corrected chi connectivity index (χ0v) is 32.6. The molecular formula is C51H51N3. The highest BCUT2D eigenvalue weighted by Crippen LogP contribution is 2.49. The molecule has 0 fully saturated rings. The monoisotopic (exact) mass is 705 g/mol. The summed E-state index contributed by atoms with van der Waals surface area (Å²) in [7, 11) is 0. The van der Waals surface area contributed by atoms with Gasteiger partial charge in [0.05, 0.1) is 34.1 Å². The number of rotatable bonds is 12. The Morgan fingerprint density at radius 3 is 0.796 bits per heavy atom. The predicted octanol–water partition coefficient (Wildman–Crippen LogP) is 14.7. The predicted molar refractivity (Wildman–Crippen MR) is 233 cm³/mol. The van der Waals surface area contributed by atoms with E-state index < -0.39 is 0 Å². The molecule has 0 radical (unpaired) electrons. The first-order valence-electron chi connectivity index (χ1n) is 19.4. The summed E-state index contributed by atoms with van der Waals surface area (Å²) >= 11 is 0. The van der Waals surface area contributed by atoms with E-state index in [0.717, 1.165) is 53.4 Å². The zero-order valence-electron chi connectivity index (χ0n) is 32.6. The molecule has 0 aliphatic carbocycles. The molecule has 0 aliphatic rings. The van der Waals surface area contributed by atoms with Crippen LogP contribution in [0.2, 0.25) is 0 Å².